The summed E-state index contributed by atoms with van der Waals surface area (Å²) in [6.07, 6.45) is 4.88. The third kappa shape index (κ3) is 4.93. The Hall–Kier alpha value is -2.38. The van der Waals surface area contributed by atoms with Crippen molar-refractivity contribution in [1.82, 2.24) is 4.90 Å². The number of nitrogens with zero attached hydrogens (tertiary/aromatic N) is 1. The van der Waals surface area contributed by atoms with E-state index in [2.05, 4.69) is 5.32 Å². The number of aliphatic hydroxyl groups is 1. The Labute approximate surface area is 187 Å². The number of benzene rings is 1. The van der Waals surface area contributed by atoms with Crippen LogP contribution in [-0.4, -0.2) is 53.6 Å². The molecule has 1 aliphatic carbocycles. The van der Waals surface area contributed by atoms with Crippen molar-refractivity contribution < 1.29 is 24.2 Å². The molecule has 1 aromatic rings. The predicted octanol–water partition coefficient (Wildman–Crippen LogP) is 2.88. The van der Waals surface area contributed by atoms with Crippen molar-refractivity contribution in [2.24, 2.45) is 23.7 Å². The van der Waals surface area contributed by atoms with Gasteiger partial charge in [0.1, 0.15) is 6.04 Å². The summed E-state index contributed by atoms with van der Waals surface area (Å²) < 4.78 is 5.25. The highest BCUT2D eigenvalue weighted by atomic mass is 35.5. The van der Waals surface area contributed by atoms with Crippen LogP contribution >= 0.6 is 11.6 Å². The lowest BCUT2D eigenvalue weighted by Gasteiger charge is -2.32. The molecule has 3 rings (SSSR count). The first kappa shape index (κ1) is 23.3. The lowest BCUT2D eigenvalue weighted by molar-refractivity contribution is -0.155. The van der Waals surface area contributed by atoms with Crippen molar-refractivity contribution in [3.05, 3.63) is 41.4 Å². The summed E-state index contributed by atoms with van der Waals surface area (Å²) in [7, 11) is 0. The zero-order chi connectivity index (χ0) is 22.5. The van der Waals surface area contributed by atoms with Crippen molar-refractivity contribution in [2.75, 3.05) is 25.1 Å². The van der Waals surface area contributed by atoms with Crippen LogP contribution in [0.4, 0.5) is 5.69 Å². The molecule has 2 aliphatic rings. The van der Waals surface area contributed by atoms with Gasteiger partial charge in [0.05, 0.1) is 18.4 Å². The van der Waals surface area contributed by atoms with Crippen molar-refractivity contribution in [1.29, 1.82) is 0 Å². The van der Waals surface area contributed by atoms with Crippen LogP contribution in [0.15, 0.2) is 36.4 Å². The quantitative estimate of drug-likeness (QED) is 0.362. The molecule has 1 saturated heterocycles. The summed E-state index contributed by atoms with van der Waals surface area (Å²) in [4.78, 5) is 41.0. The summed E-state index contributed by atoms with van der Waals surface area (Å²) in [5.74, 6) is -2.80. The molecular formula is C23H29ClN2O5. The molecule has 0 spiro atoms. The molecular weight excluding hydrogens is 420 g/mol. The lowest BCUT2D eigenvalue weighted by Crippen LogP contribution is -2.44. The van der Waals surface area contributed by atoms with E-state index in [1.165, 1.54) is 0 Å². The van der Waals surface area contributed by atoms with Gasteiger partial charge in [0.25, 0.3) is 0 Å². The minimum absolute atomic E-state index is 0.0128. The Morgan fingerprint density at radius 2 is 1.90 bits per heavy atom. The summed E-state index contributed by atoms with van der Waals surface area (Å²) in [6, 6.07) is 6.01. The Bertz CT molecular complexity index is 841. The normalized spacial score (nSPS) is 27.2. The van der Waals surface area contributed by atoms with Crippen LogP contribution in [0, 0.1) is 23.7 Å². The molecule has 1 fully saturated rings. The van der Waals surface area contributed by atoms with Crippen molar-refractivity contribution >= 4 is 35.1 Å². The highest BCUT2D eigenvalue weighted by molar-refractivity contribution is 6.30. The number of amides is 2. The van der Waals surface area contributed by atoms with Crippen LogP contribution in [0.5, 0.6) is 0 Å². The van der Waals surface area contributed by atoms with Gasteiger partial charge in [-0.25, -0.2) is 0 Å². The molecule has 0 radical (unpaired) electrons. The van der Waals surface area contributed by atoms with Gasteiger partial charge < -0.3 is 20.1 Å². The second kappa shape index (κ2) is 10.3. The number of carbonyl (C=O) groups excluding carboxylic acids is 3. The number of ether oxygens (including phenoxy) is 1. The zero-order valence-corrected chi connectivity index (χ0v) is 18.5. The first-order valence-electron chi connectivity index (χ1n) is 10.7. The highest BCUT2D eigenvalue weighted by Gasteiger charge is 2.56. The highest BCUT2D eigenvalue weighted by Crippen LogP contribution is 2.44. The molecule has 2 N–H and O–H groups in total. The van der Waals surface area contributed by atoms with Crippen LogP contribution in [0.1, 0.15) is 26.7 Å². The zero-order valence-electron chi connectivity index (χ0n) is 17.8. The maximum absolute atomic E-state index is 13.4. The number of aliphatic hydroxyl groups excluding tert-OH is 1. The second-order valence-electron chi connectivity index (χ2n) is 8.03. The number of rotatable bonds is 8. The minimum atomic E-state index is -0.743. The van der Waals surface area contributed by atoms with Crippen molar-refractivity contribution in [3.8, 4) is 0 Å². The van der Waals surface area contributed by atoms with Gasteiger partial charge in [0.2, 0.25) is 11.8 Å². The van der Waals surface area contributed by atoms with E-state index in [1.54, 1.807) is 36.1 Å². The van der Waals surface area contributed by atoms with Gasteiger partial charge in [0.15, 0.2) is 0 Å². The van der Waals surface area contributed by atoms with Gasteiger partial charge in [-0.15, -0.1) is 0 Å². The topological polar surface area (TPSA) is 95.9 Å². The van der Waals surface area contributed by atoms with Crippen LogP contribution in [0.25, 0.3) is 0 Å². The minimum Gasteiger partial charge on any atom is -0.466 e. The molecule has 1 aromatic carbocycles. The fraction of sp³-hybridized carbons (Fsp3) is 0.522. The molecule has 0 unspecified atom stereocenters. The third-order valence-corrected chi connectivity index (χ3v) is 6.27. The van der Waals surface area contributed by atoms with E-state index >= 15 is 0 Å². The molecule has 1 aliphatic heterocycles. The van der Waals surface area contributed by atoms with E-state index in [-0.39, 0.29) is 30.9 Å². The summed E-state index contributed by atoms with van der Waals surface area (Å²) >= 11 is 5.93. The van der Waals surface area contributed by atoms with Gasteiger partial charge in [0, 0.05) is 29.8 Å². The molecule has 0 saturated carbocycles. The standard InChI is InChI=1S/C23H29ClN2O5/c1-3-31-23(30)18-14(2)6-11-17-19(18)22(29)26(12-4-5-13-27)20(17)21(28)25-16-9-7-15(24)8-10-16/h6-11,14,17-20,27H,3-5,12-13H2,1-2H3,(H,25,28)/t14-,17+,18-,19+,20+/m1/s1. The summed E-state index contributed by atoms with van der Waals surface area (Å²) in [5.41, 5.74) is 0.579. The first-order valence-corrected chi connectivity index (χ1v) is 11.1. The number of allylic oxidation sites excluding steroid dienone is 1. The van der Waals surface area contributed by atoms with E-state index < -0.39 is 29.8 Å². The second-order valence-corrected chi connectivity index (χ2v) is 8.46. The Morgan fingerprint density at radius 1 is 1.19 bits per heavy atom. The van der Waals surface area contributed by atoms with Gasteiger partial charge in [-0.1, -0.05) is 30.7 Å². The third-order valence-electron chi connectivity index (χ3n) is 6.02. The molecule has 31 heavy (non-hydrogen) atoms. The van der Waals surface area contributed by atoms with Gasteiger partial charge in [-0.05, 0) is 49.9 Å². The number of carbonyl (C=O) groups is 3. The first-order chi connectivity index (χ1) is 14.9. The summed E-state index contributed by atoms with van der Waals surface area (Å²) in [5, 5.41) is 12.6. The molecule has 0 aromatic heterocycles. The lowest BCUT2D eigenvalue weighted by atomic mass is 9.70. The molecule has 2 amide bonds. The number of nitrogens with one attached hydrogen (secondary N) is 1. The fourth-order valence-electron chi connectivity index (χ4n) is 4.57. The van der Waals surface area contributed by atoms with Crippen LogP contribution in [-0.2, 0) is 19.1 Å². The SMILES string of the molecule is CCOC(=O)[C@H]1[C@H]2C(=O)N(CCCCO)[C@H](C(=O)Nc3ccc(Cl)cc3)[C@H]2C=C[C@H]1C. The molecule has 5 atom stereocenters. The van der Waals surface area contributed by atoms with E-state index in [9.17, 15) is 14.4 Å². The number of hydrogen-bond donors (Lipinski definition) is 2. The maximum Gasteiger partial charge on any atom is 0.310 e. The Kier molecular flexibility index (Phi) is 7.73. The van der Waals surface area contributed by atoms with E-state index in [0.29, 0.717) is 30.1 Å². The molecule has 1 heterocycles. The summed E-state index contributed by atoms with van der Waals surface area (Å²) in [6.45, 7) is 4.21. The van der Waals surface area contributed by atoms with Crippen molar-refractivity contribution in [3.63, 3.8) is 0 Å². The Morgan fingerprint density at radius 3 is 2.55 bits per heavy atom. The number of likely N-dealkylation sites (tertiary alicyclic amines) is 1. The monoisotopic (exact) mass is 448 g/mol. The number of esters is 1. The molecule has 0 bridgehead atoms. The number of fused-ring (bicyclic) bond motifs is 1. The number of hydrogen-bond acceptors (Lipinski definition) is 5. The van der Waals surface area contributed by atoms with Crippen LogP contribution in [0.3, 0.4) is 0 Å². The molecule has 168 valence electrons. The number of unbranched alkanes of at least 4 members (excludes halogenated alkanes) is 1. The Balaban J connectivity index is 1.91. The molecule has 8 heteroatoms. The van der Waals surface area contributed by atoms with Gasteiger partial charge in [-0.2, -0.15) is 0 Å². The van der Waals surface area contributed by atoms with Crippen LogP contribution in [0.2, 0.25) is 5.02 Å². The number of anilines is 1. The van der Waals surface area contributed by atoms with E-state index in [1.807, 2.05) is 19.1 Å². The predicted molar refractivity (Wildman–Crippen MR) is 117 cm³/mol. The maximum atomic E-state index is 13.4. The van der Waals surface area contributed by atoms with E-state index in [0.717, 1.165) is 0 Å². The fourth-order valence-corrected chi connectivity index (χ4v) is 4.70. The van der Waals surface area contributed by atoms with Crippen LogP contribution < -0.4 is 5.32 Å². The van der Waals surface area contributed by atoms with Crippen molar-refractivity contribution in [2.45, 2.75) is 32.7 Å². The smallest absolute Gasteiger partial charge is 0.310 e. The average molecular weight is 449 g/mol. The average Bonchev–Trinajstić information content (AvgIpc) is 3.02. The molecule has 7 nitrogen and oxygen atoms in total. The largest absolute Gasteiger partial charge is 0.466 e. The van der Waals surface area contributed by atoms with Gasteiger partial charge >= 0.3 is 5.97 Å². The van der Waals surface area contributed by atoms with E-state index in [4.69, 9.17) is 21.4 Å². The van der Waals surface area contributed by atoms with Gasteiger partial charge in [-0.3, -0.25) is 14.4 Å². The number of halogens is 1.